The summed E-state index contributed by atoms with van der Waals surface area (Å²) in [6.07, 6.45) is -3.69. The molecule has 1 atom stereocenters. The van der Waals surface area contributed by atoms with E-state index in [2.05, 4.69) is 5.32 Å². The number of sulfonamides is 1. The van der Waals surface area contributed by atoms with E-state index in [0.29, 0.717) is 21.7 Å². The molecule has 2 amide bonds. The van der Waals surface area contributed by atoms with Crippen molar-refractivity contribution in [3.8, 4) is 5.75 Å². The van der Waals surface area contributed by atoms with E-state index in [9.17, 15) is 31.2 Å². The van der Waals surface area contributed by atoms with Gasteiger partial charge in [-0.3, -0.25) is 13.9 Å². The third-order valence-corrected chi connectivity index (χ3v) is 6.68. The number of hydrogen-bond acceptors (Lipinski definition) is 5. The first-order valence-corrected chi connectivity index (χ1v) is 13.7. The van der Waals surface area contributed by atoms with Crippen molar-refractivity contribution in [1.29, 1.82) is 0 Å². The predicted molar refractivity (Wildman–Crippen MR) is 139 cm³/mol. The summed E-state index contributed by atoms with van der Waals surface area (Å²) in [7, 11) is -2.67. The molecule has 210 valence electrons. The molecule has 0 fully saturated rings. The zero-order chi connectivity index (χ0) is 28.9. The van der Waals surface area contributed by atoms with Crippen LogP contribution in [0.3, 0.4) is 0 Å². The van der Waals surface area contributed by atoms with Gasteiger partial charge >= 0.3 is 6.18 Å². The van der Waals surface area contributed by atoms with E-state index in [-0.39, 0.29) is 18.7 Å². The molecule has 0 saturated carbocycles. The highest BCUT2D eigenvalue weighted by atomic mass is 32.2. The molecule has 0 bridgehead atoms. The van der Waals surface area contributed by atoms with Crippen LogP contribution in [0.25, 0.3) is 0 Å². The summed E-state index contributed by atoms with van der Waals surface area (Å²) >= 11 is 0. The van der Waals surface area contributed by atoms with Gasteiger partial charge in [0.2, 0.25) is 21.8 Å². The Hall–Kier alpha value is -3.28. The number of carbonyl (C=O) groups excluding carboxylic acids is 2. The van der Waals surface area contributed by atoms with Crippen LogP contribution in [-0.2, 0) is 32.3 Å². The Bertz CT molecular complexity index is 1230. The minimum atomic E-state index is -4.71. The smallest absolute Gasteiger partial charge is 0.416 e. The Morgan fingerprint density at radius 1 is 1.05 bits per heavy atom. The van der Waals surface area contributed by atoms with Crippen LogP contribution in [0.5, 0.6) is 5.75 Å². The number of carbonyl (C=O) groups is 2. The minimum absolute atomic E-state index is 0.0426. The Labute approximate surface area is 221 Å². The van der Waals surface area contributed by atoms with Crippen LogP contribution in [0.4, 0.5) is 18.9 Å². The summed E-state index contributed by atoms with van der Waals surface area (Å²) in [5.41, 5.74) is -1.32. The molecule has 2 aromatic carbocycles. The summed E-state index contributed by atoms with van der Waals surface area (Å²) in [5.74, 6) is -0.608. The SMILES string of the molecule is CCC(C(=O)NC(C)(C)C)N(Cc1ccc(OC)cc1)C(=O)CN(c1cccc(C(F)(F)F)c1)S(C)(=O)=O. The molecule has 1 N–H and O–H groups in total. The third kappa shape index (κ3) is 8.64. The van der Waals surface area contributed by atoms with Gasteiger partial charge in [0.1, 0.15) is 18.3 Å². The van der Waals surface area contributed by atoms with Gasteiger partial charge in [0, 0.05) is 12.1 Å². The van der Waals surface area contributed by atoms with Gasteiger partial charge in [-0.05, 0) is 63.1 Å². The van der Waals surface area contributed by atoms with Gasteiger partial charge in [-0.15, -0.1) is 0 Å². The summed E-state index contributed by atoms with van der Waals surface area (Å²) in [6, 6.07) is 9.54. The zero-order valence-corrected chi connectivity index (χ0v) is 23.1. The Morgan fingerprint density at radius 3 is 2.13 bits per heavy atom. The van der Waals surface area contributed by atoms with Crippen LogP contribution in [0.1, 0.15) is 45.2 Å². The lowest BCUT2D eigenvalue weighted by Crippen LogP contribution is -2.55. The molecule has 2 aromatic rings. The molecule has 0 saturated heterocycles. The topological polar surface area (TPSA) is 96.0 Å². The lowest BCUT2D eigenvalue weighted by atomic mass is 10.1. The molecular formula is C26H34F3N3O5S. The van der Waals surface area contributed by atoms with Crippen molar-refractivity contribution in [2.75, 3.05) is 24.2 Å². The number of ether oxygens (including phenoxy) is 1. The molecule has 8 nitrogen and oxygen atoms in total. The van der Waals surface area contributed by atoms with Crippen molar-refractivity contribution in [3.63, 3.8) is 0 Å². The quantitative estimate of drug-likeness (QED) is 0.473. The van der Waals surface area contributed by atoms with Crippen LogP contribution < -0.4 is 14.4 Å². The molecule has 0 radical (unpaired) electrons. The number of anilines is 1. The van der Waals surface area contributed by atoms with Crippen LogP contribution in [0, 0.1) is 0 Å². The number of methoxy groups -OCH3 is 1. The van der Waals surface area contributed by atoms with Crippen molar-refractivity contribution >= 4 is 27.5 Å². The van der Waals surface area contributed by atoms with Crippen LogP contribution in [0.2, 0.25) is 0 Å². The first-order chi connectivity index (χ1) is 17.5. The standard InChI is InChI=1S/C26H34F3N3O5S/c1-7-22(24(34)30-25(2,3)4)31(16-18-11-13-21(37-5)14-12-18)23(33)17-32(38(6,35)36)20-10-8-9-19(15-20)26(27,28)29/h8-15,22H,7,16-17H2,1-6H3,(H,30,34). The number of rotatable bonds is 10. The van der Waals surface area contributed by atoms with Gasteiger partial charge in [0.15, 0.2) is 0 Å². The van der Waals surface area contributed by atoms with Gasteiger partial charge < -0.3 is 15.0 Å². The monoisotopic (exact) mass is 557 g/mol. The van der Waals surface area contributed by atoms with Crippen molar-refractivity contribution < 1.29 is 35.9 Å². The maximum absolute atomic E-state index is 13.6. The second-order valence-electron chi connectivity index (χ2n) is 9.85. The van der Waals surface area contributed by atoms with Crippen LogP contribution in [-0.4, -0.2) is 56.6 Å². The zero-order valence-electron chi connectivity index (χ0n) is 22.3. The highest BCUT2D eigenvalue weighted by Crippen LogP contribution is 2.32. The fourth-order valence-electron chi connectivity index (χ4n) is 3.75. The Balaban J connectivity index is 2.50. The summed E-state index contributed by atoms with van der Waals surface area (Å²) in [5, 5.41) is 2.84. The highest BCUT2D eigenvalue weighted by molar-refractivity contribution is 7.92. The number of amides is 2. The molecule has 0 aliphatic carbocycles. The van der Waals surface area contributed by atoms with Gasteiger partial charge in [0.05, 0.1) is 24.6 Å². The molecule has 0 heterocycles. The van der Waals surface area contributed by atoms with E-state index < -0.39 is 51.7 Å². The van der Waals surface area contributed by atoms with Crippen molar-refractivity contribution in [2.45, 2.75) is 58.4 Å². The lowest BCUT2D eigenvalue weighted by Gasteiger charge is -2.34. The molecule has 12 heteroatoms. The van der Waals surface area contributed by atoms with Gasteiger partial charge in [0.25, 0.3) is 0 Å². The summed E-state index contributed by atoms with van der Waals surface area (Å²) < 4.78 is 70.9. The molecule has 1 unspecified atom stereocenters. The van der Waals surface area contributed by atoms with Crippen molar-refractivity contribution in [1.82, 2.24) is 10.2 Å². The second-order valence-corrected chi connectivity index (χ2v) is 11.8. The first-order valence-electron chi connectivity index (χ1n) is 11.9. The number of alkyl halides is 3. The average Bonchev–Trinajstić information content (AvgIpc) is 2.80. The van der Waals surface area contributed by atoms with Crippen molar-refractivity contribution in [3.05, 3.63) is 59.7 Å². The Morgan fingerprint density at radius 2 is 1.66 bits per heavy atom. The molecular weight excluding hydrogens is 523 g/mol. The molecule has 0 aliphatic heterocycles. The molecule has 38 heavy (non-hydrogen) atoms. The summed E-state index contributed by atoms with van der Waals surface area (Å²) in [4.78, 5) is 28.0. The van der Waals surface area contributed by atoms with E-state index in [1.54, 1.807) is 52.0 Å². The largest absolute Gasteiger partial charge is 0.497 e. The van der Waals surface area contributed by atoms with Crippen molar-refractivity contribution in [2.24, 2.45) is 0 Å². The van der Waals surface area contributed by atoms with Crippen LogP contribution >= 0.6 is 0 Å². The predicted octanol–water partition coefficient (Wildman–Crippen LogP) is 4.20. The number of halogens is 3. The molecule has 0 spiro atoms. The lowest BCUT2D eigenvalue weighted by molar-refractivity contribution is -0.141. The summed E-state index contributed by atoms with van der Waals surface area (Å²) in [6.45, 7) is 6.22. The number of hydrogen-bond donors (Lipinski definition) is 1. The van der Waals surface area contributed by atoms with Gasteiger partial charge in [-0.1, -0.05) is 25.1 Å². The maximum atomic E-state index is 13.6. The number of nitrogens with zero attached hydrogens (tertiary/aromatic N) is 2. The second kappa shape index (κ2) is 12.1. The first kappa shape index (κ1) is 30.9. The normalized spacial score (nSPS) is 13.0. The molecule has 0 aromatic heterocycles. The van der Waals surface area contributed by atoms with E-state index >= 15 is 0 Å². The van der Waals surface area contributed by atoms with E-state index in [0.717, 1.165) is 18.4 Å². The Kier molecular flexibility index (Phi) is 9.82. The number of nitrogens with one attached hydrogen (secondary N) is 1. The average molecular weight is 558 g/mol. The fraction of sp³-hybridized carbons (Fsp3) is 0.462. The van der Waals surface area contributed by atoms with E-state index in [1.807, 2.05) is 0 Å². The van der Waals surface area contributed by atoms with Gasteiger partial charge in [-0.2, -0.15) is 13.2 Å². The highest BCUT2D eigenvalue weighted by Gasteiger charge is 2.35. The van der Waals surface area contributed by atoms with Crippen LogP contribution in [0.15, 0.2) is 48.5 Å². The minimum Gasteiger partial charge on any atom is -0.497 e. The van der Waals surface area contributed by atoms with E-state index in [4.69, 9.17) is 4.74 Å². The third-order valence-electron chi connectivity index (χ3n) is 5.54. The molecule has 2 rings (SSSR count). The molecule has 0 aliphatic rings. The van der Waals surface area contributed by atoms with Gasteiger partial charge in [-0.25, -0.2) is 8.42 Å². The fourth-order valence-corrected chi connectivity index (χ4v) is 4.59. The number of benzene rings is 2. The van der Waals surface area contributed by atoms with E-state index in [1.165, 1.54) is 18.1 Å². The maximum Gasteiger partial charge on any atom is 0.416 e.